The van der Waals surface area contributed by atoms with Crippen molar-refractivity contribution in [3.8, 4) is 0 Å². The van der Waals surface area contributed by atoms with E-state index in [2.05, 4.69) is 27.4 Å². The minimum Gasteiger partial charge on any atom is -0.368 e. The number of nitrogens with zero attached hydrogens (tertiary/aromatic N) is 4. The quantitative estimate of drug-likeness (QED) is 0.699. The molecule has 1 N–H and O–H groups in total. The van der Waals surface area contributed by atoms with Gasteiger partial charge in [0, 0.05) is 45.0 Å². The van der Waals surface area contributed by atoms with Crippen molar-refractivity contribution < 1.29 is 9.59 Å². The molecular weight excluding hydrogens is 402 g/mol. The second-order valence-corrected chi connectivity index (χ2v) is 7.49. The molecule has 0 saturated carbocycles. The summed E-state index contributed by atoms with van der Waals surface area (Å²) in [6.45, 7) is 2.76. The zero-order chi connectivity index (χ0) is 21.1. The fraction of sp³-hybridized carbons (Fsp3) is 0.227. The Morgan fingerprint density at radius 3 is 2.33 bits per heavy atom. The third kappa shape index (κ3) is 4.16. The number of carbonyl (C=O) groups is 2. The summed E-state index contributed by atoms with van der Waals surface area (Å²) in [6.07, 6.45) is 0. The van der Waals surface area contributed by atoms with Crippen LogP contribution in [0.2, 0.25) is 5.02 Å². The van der Waals surface area contributed by atoms with Gasteiger partial charge in [-0.15, -0.1) is 0 Å². The Balaban J connectivity index is 1.41. The van der Waals surface area contributed by atoms with Gasteiger partial charge in [-0.25, -0.2) is 0 Å². The molecular formula is C22H22ClN5O2. The molecule has 1 saturated heterocycles. The molecule has 154 valence electrons. The normalized spacial score (nSPS) is 13.9. The number of para-hydroxylation sites is 1. The molecule has 0 bridgehead atoms. The predicted molar refractivity (Wildman–Crippen MR) is 117 cm³/mol. The van der Waals surface area contributed by atoms with Crippen LogP contribution in [0.5, 0.6) is 0 Å². The van der Waals surface area contributed by atoms with E-state index in [1.165, 1.54) is 4.68 Å². The highest BCUT2D eigenvalue weighted by Gasteiger charge is 2.25. The van der Waals surface area contributed by atoms with E-state index in [9.17, 15) is 9.59 Å². The SMILES string of the molecule is Cn1nc(C(=O)N2CCN(c3ccccc3)CC2)cc1NC(=O)c1ccccc1Cl. The number of hydrogen-bond donors (Lipinski definition) is 1. The average Bonchev–Trinajstić information content (AvgIpc) is 3.14. The third-order valence-electron chi connectivity index (χ3n) is 5.15. The van der Waals surface area contributed by atoms with Crippen LogP contribution in [0.3, 0.4) is 0 Å². The van der Waals surface area contributed by atoms with E-state index in [-0.39, 0.29) is 11.8 Å². The molecule has 7 nitrogen and oxygen atoms in total. The molecule has 0 atom stereocenters. The third-order valence-corrected chi connectivity index (χ3v) is 5.48. The van der Waals surface area contributed by atoms with Gasteiger partial charge in [0.25, 0.3) is 11.8 Å². The lowest BCUT2D eigenvalue weighted by Gasteiger charge is -2.35. The first-order valence-electron chi connectivity index (χ1n) is 9.72. The van der Waals surface area contributed by atoms with Crippen LogP contribution in [0.4, 0.5) is 11.5 Å². The van der Waals surface area contributed by atoms with Crippen LogP contribution in [0.25, 0.3) is 0 Å². The summed E-state index contributed by atoms with van der Waals surface area (Å²) in [5.41, 5.74) is 1.83. The lowest BCUT2D eigenvalue weighted by atomic mass is 10.2. The zero-order valence-electron chi connectivity index (χ0n) is 16.6. The van der Waals surface area contributed by atoms with Crippen LogP contribution in [0, 0.1) is 0 Å². The van der Waals surface area contributed by atoms with Gasteiger partial charge in [0.05, 0.1) is 10.6 Å². The molecule has 2 heterocycles. The minimum absolute atomic E-state index is 0.142. The maximum atomic E-state index is 12.9. The molecule has 2 aromatic carbocycles. The zero-order valence-corrected chi connectivity index (χ0v) is 17.3. The average molecular weight is 424 g/mol. The Kier molecular flexibility index (Phi) is 5.72. The molecule has 1 aromatic heterocycles. The Morgan fingerprint density at radius 1 is 0.967 bits per heavy atom. The smallest absolute Gasteiger partial charge is 0.274 e. The van der Waals surface area contributed by atoms with Crippen molar-refractivity contribution in [3.63, 3.8) is 0 Å². The van der Waals surface area contributed by atoms with Crippen molar-refractivity contribution in [2.24, 2.45) is 7.05 Å². The molecule has 0 unspecified atom stereocenters. The molecule has 0 spiro atoms. The molecule has 8 heteroatoms. The largest absolute Gasteiger partial charge is 0.368 e. The monoisotopic (exact) mass is 423 g/mol. The van der Waals surface area contributed by atoms with Gasteiger partial charge in [-0.05, 0) is 24.3 Å². The maximum absolute atomic E-state index is 12.9. The van der Waals surface area contributed by atoms with E-state index in [4.69, 9.17) is 11.6 Å². The van der Waals surface area contributed by atoms with Gasteiger partial charge in [0.1, 0.15) is 5.82 Å². The summed E-state index contributed by atoms with van der Waals surface area (Å²) in [5, 5.41) is 7.43. The molecule has 0 radical (unpaired) electrons. The highest BCUT2D eigenvalue weighted by molar-refractivity contribution is 6.34. The Hall–Kier alpha value is -3.32. The number of nitrogens with one attached hydrogen (secondary N) is 1. The van der Waals surface area contributed by atoms with Crippen molar-refractivity contribution in [3.05, 3.63) is 76.9 Å². The van der Waals surface area contributed by atoms with Gasteiger partial charge in [0.2, 0.25) is 0 Å². The van der Waals surface area contributed by atoms with Gasteiger partial charge in [-0.2, -0.15) is 5.10 Å². The maximum Gasteiger partial charge on any atom is 0.274 e. The number of amides is 2. The van der Waals surface area contributed by atoms with Gasteiger partial charge in [0.15, 0.2) is 5.69 Å². The number of aromatic nitrogens is 2. The Bertz CT molecular complexity index is 1060. The molecule has 3 aromatic rings. The second-order valence-electron chi connectivity index (χ2n) is 7.09. The van der Waals surface area contributed by atoms with Crippen LogP contribution >= 0.6 is 11.6 Å². The molecule has 1 fully saturated rings. The van der Waals surface area contributed by atoms with Crippen LogP contribution in [-0.2, 0) is 7.05 Å². The summed E-state index contributed by atoms with van der Waals surface area (Å²) in [4.78, 5) is 29.5. The molecule has 0 aliphatic carbocycles. The molecule has 1 aliphatic heterocycles. The number of hydrogen-bond acceptors (Lipinski definition) is 4. The lowest BCUT2D eigenvalue weighted by molar-refractivity contribution is 0.0740. The number of halogens is 1. The van der Waals surface area contributed by atoms with Crippen LogP contribution in [-0.4, -0.2) is 52.7 Å². The number of anilines is 2. The molecule has 1 aliphatic rings. The van der Waals surface area contributed by atoms with Gasteiger partial charge < -0.3 is 15.1 Å². The fourth-order valence-corrected chi connectivity index (χ4v) is 3.71. The summed E-state index contributed by atoms with van der Waals surface area (Å²) in [6, 6.07) is 18.6. The van der Waals surface area contributed by atoms with Gasteiger partial charge >= 0.3 is 0 Å². The van der Waals surface area contributed by atoms with Crippen LogP contribution in [0.15, 0.2) is 60.7 Å². The predicted octanol–water partition coefficient (Wildman–Crippen LogP) is 3.29. The Morgan fingerprint density at radius 2 is 1.63 bits per heavy atom. The van der Waals surface area contributed by atoms with Crippen LogP contribution in [0.1, 0.15) is 20.8 Å². The van der Waals surface area contributed by atoms with Crippen molar-refractivity contribution >= 4 is 34.9 Å². The lowest BCUT2D eigenvalue weighted by Crippen LogP contribution is -2.48. The molecule has 4 rings (SSSR count). The summed E-state index contributed by atoms with van der Waals surface area (Å²) in [5.74, 6) is -0.0539. The van der Waals surface area contributed by atoms with Gasteiger partial charge in [-0.1, -0.05) is 41.9 Å². The first-order chi connectivity index (χ1) is 14.5. The van der Waals surface area contributed by atoms with Crippen molar-refractivity contribution in [1.29, 1.82) is 0 Å². The first kappa shape index (κ1) is 20.0. The topological polar surface area (TPSA) is 70.5 Å². The second kappa shape index (κ2) is 8.59. The Labute approximate surface area is 179 Å². The number of benzene rings is 2. The van der Waals surface area contributed by atoms with Crippen LogP contribution < -0.4 is 10.2 Å². The fourth-order valence-electron chi connectivity index (χ4n) is 3.49. The van der Waals surface area contributed by atoms with E-state index in [0.717, 1.165) is 18.8 Å². The standard InChI is InChI=1S/C22H22ClN5O2/c1-26-20(24-21(29)17-9-5-6-10-18(17)23)15-19(25-26)22(30)28-13-11-27(12-14-28)16-7-3-2-4-8-16/h2-10,15H,11-14H2,1H3,(H,24,29). The van der Waals surface area contributed by atoms with E-state index in [1.807, 2.05) is 18.2 Å². The number of rotatable bonds is 4. The number of aryl methyl sites for hydroxylation is 1. The van der Waals surface area contributed by atoms with Crippen molar-refractivity contribution in [2.45, 2.75) is 0 Å². The van der Waals surface area contributed by atoms with E-state index in [0.29, 0.717) is 35.2 Å². The van der Waals surface area contributed by atoms with E-state index < -0.39 is 0 Å². The van der Waals surface area contributed by atoms with Crippen molar-refractivity contribution in [1.82, 2.24) is 14.7 Å². The number of piperazine rings is 1. The summed E-state index contributed by atoms with van der Waals surface area (Å²) < 4.78 is 1.49. The highest BCUT2D eigenvalue weighted by atomic mass is 35.5. The van der Waals surface area contributed by atoms with Gasteiger partial charge in [-0.3, -0.25) is 14.3 Å². The van der Waals surface area contributed by atoms with E-state index >= 15 is 0 Å². The minimum atomic E-state index is -0.348. The molecule has 30 heavy (non-hydrogen) atoms. The first-order valence-corrected chi connectivity index (χ1v) is 10.1. The highest BCUT2D eigenvalue weighted by Crippen LogP contribution is 2.20. The summed E-state index contributed by atoms with van der Waals surface area (Å²) >= 11 is 6.09. The summed E-state index contributed by atoms with van der Waals surface area (Å²) in [7, 11) is 1.69. The molecule has 2 amide bonds. The van der Waals surface area contributed by atoms with Crippen molar-refractivity contribution in [2.75, 3.05) is 36.4 Å². The number of carbonyl (C=O) groups excluding carboxylic acids is 2. The van der Waals surface area contributed by atoms with E-state index in [1.54, 1.807) is 42.3 Å².